The van der Waals surface area contributed by atoms with Crippen LogP contribution >= 0.6 is 11.8 Å². The quantitative estimate of drug-likeness (QED) is 0.668. The summed E-state index contributed by atoms with van der Waals surface area (Å²) >= 11 is 1.33. The van der Waals surface area contributed by atoms with Crippen LogP contribution in [0, 0.1) is 5.41 Å². The Morgan fingerprint density at radius 2 is 1.75 bits per heavy atom. The Kier molecular flexibility index (Phi) is 4.15. The molecule has 1 rings (SSSR count). The summed E-state index contributed by atoms with van der Waals surface area (Å²) in [5, 5.41) is 7.62. The largest absolute Gasteiger partial charge is 0.293 e. The van der Waals surface area contributed by atoms with Gasteiger partial charge in [-0.2, -0.15) is 0 Å². The Morgan fingerprint density at radius 1 is 1.25 bits per heavy atom. The lowest BCUT2D eigenvalue weighted by atomic mass is 10.2. The van der Waals surface area contributed by atoms with Crippen molar-refractivity contribution in [1.82, 2.24) is 0 Å². The summed E-state index contributed by atoms with van der Waals surface area (Å²) in [5.41, 5.74) is 0.746. The van der Waals surface area contributed by atoms with E-state index in [0.29, 0.717) is 9.94 Å². The van der Waals surface area contributed by atoms with Crippen LogP contribution < -0.4 is 0 Å². The van der Waals surface area contributed by atoms with Crippen molar-refractivity contribution in [3.8, 4) is 0 Å². The second kappa shape index (κ2) is 5.01. The normalized spacial score (nSPS) is 11.8. The summed E-state index contributed by atoms with van der Waals surface area (Å²) in [5.74, 6) is 0. The number of rotatable bonds is 3. The predicted molar refractivity (Wildman–Crippen MR) is 69.1 cm³/mol. The zero-order valence-corrected chi connectivity index (χ0v) is 11.2. The van der Waals surface area contributed by atoms with Crippen molar-refractivity contribution in [1.29, 1.82) is 5.41 Å². The van der Waals surface area contributed by atoms with Crippen molar-refractivity contribution in [2.45, 2.75) is 24.0 Å². The van der Waals surface area contributed by atoms with E-state index in [1.54, 1.807) is 38.1 Å². The molecule has 0 heterocycles. The van der Waals surface area contributed by atoms with E-state index < -0.39 is 15.1 Å². The SMILES string of the molecule is CSC(=N)c1ccc(S(=O)(=O)C(C)C)cc1. The highest BCUT2D eigenvalue weighted by molar-refractivity contribution is 8.13. The Hall–Kier alpha value is -0.810. The molecule has 3 nitrogen and oxygen atoms in total. The van der Waals surface area contributed by atoms with Gasteiger partial charge in [-0.25, -0.2) is 8.42 Å². The van der Waals surface area contributed by atoms with Gasteiger partial charge in [-0.1, -0.05) is 12.1 Å². The summed E-state index contributed by atoms with van der Waals surface area (Å²) in [6, 6.07) is 6.48. The molecule has 0 saturated heterocycles. The average Bonchev–Trinajstić information content (AvgIpc) is 2.28. The van der Waals surface area contributed by atoms with Gasteiger partial charge in [0.1, 0.15) is 0 Å². The van der Waals surface area contributed by atoms with Gasteiger partial charge in [0.25, 0.3) is 0 Å². The molecule has 5 heteroatoms. The Bertz CT molecular complexity index is 475. The second-order valence-corrected chi connectivity index (χ2v) is 6.97. The van der Waals surface area contributed by atoms with Gasteiger partial charge in [0.2, 0.25) is 0 Å². The summed E-state index contributed by atoms with van der Waals surface area (Å²) in [4.78, 5) is 0.320. The Balaban J connectivity index is 3.10. The van der Waals surface area contributed by atoms with Gasteiger partial charge >= 0.3 is 0 Å². The Morgan fingerprint density at radius 3 is 2.12 bits per heavy atom. The van der Waals surface area contributed by atoms with E-state index in [9.17, 15) is 8.42 Å². The Labute approximate surface area is 101 Å². The maximum atomic E-state index is 11.8. The van der Waals surface area contributed by atoms with Crippen LogP contribution in [-0.2, 0) is 9.84 Å². The van der Waals surface area contributed by atoms with E-state index in [4.69, 9.17) is 5.41 Å². The minimum absolute atomic E-state index is 0.320. The molecule has 0 aliphatic carbocycles. The smallest absolute Gasteiger partial charge is 0.180 e. The van der Waals surface area contributed by atoms with Crippen LogP contribution in [0.25, 0.3) is 0 Å². The molecule has 0 radical (unpaired) electrons. The lowest BCUT2D eigenvalue weighted by molar-refractivity contribution is 0.587. The summed E-state index contributed by atoms with van der Waals surface area (Å²) < 4.78 is 23.6. The minimum atomic E-state index is -3.20. The molecule has 0 unspecified atom stereocenters. The molecule has 0 saturated carbocycles. The lowest BCUT2D eigenvalue weighted by Crippen LogP contribution is -2.13. The molecular weight excluding hydrogens is 242 g/mol. The molecule has 0 atom stereocenters. The van der Waals surface area contributed by atoms with E-state index in [2.05, 4.69) is 0 Å². The number of nitrogens with one attached hydrogen (secondary N) is 1. The number of hydrogen-bond acceptors (Lipinski definition) is 4. The van der Waals surface area contributed by atoms with E-state index >= 15 is 0 Å². The van der Waals surface area contributed by atoms with Crippen LogP contribution in [0.1, 0.15) is 19.4 Å². The molecule has 88 valence electrons. The maximum absolute atomic E-state index is 11.8. The van der Waals surface area contributed by atoms with Gasteiger partial charge in [-0.3, -0.25) is 5.41 Å². The standard InChI is InChI=1S/C11H15NO2S2/c1-8(2)16(13,14)10-6-4-9(5-7-10)11(12)15-3/h4-8,12H,1-3H3. The number of benzene rings is 1. The van der Waals surface area contributed by atoms with Crippen molar-refractivity contribution < 1.29 is 8.42 Å². The first-order valence-corrected chi connectivity index (χ1v) is 7.63. The monoisotopic (exact) mass is 257 g/mol. The molecule has 0 spiro atoms. The van der Waals surface area contributed by atoms with Crippen LogP contribution in [0.4, 0.5) is 0 Å². The van der Waals surface area contributed by atoms with E-state index in [0.717, 1.165) is 5.56 Å². The molecular formula is C11H15NO2S2. The molecule has 16 heavy (non-hydrogen) atoms. The third-order valence-electron chi connectivity index (χ3n) is 2.27. The first-order valence-electron chi connectivity index (χ1n) is 4.86. The highest BCUT2D eigenvalue weighted by Crippen LogP contribution is 2.18. The molecule has 1 N–H and O–H groups in total. The summed E-state index contributed by atoms with van der Waals surface area (Å²) in [6.07, 6.45) is 1.82. The van der Waals surface area contributed by atoms with E-state index in [1.807, 2.05) is 6.26 Å². The maximum Gasteiger partial charge on any atom is 0.180 e. The number of thioether (sulfide) groups is 1. The van der Waals surface area contributed by atoms with Crippen LogP contribution in [0.5, 0.6) is 0 Å². The van der Waals surface area contributed by atoms with Crippen LogP contribution in [0.3, 0.4) is 0 Å². The first kappa shape index (κ1) is 13.3. The van der Waals surface area contributed by atoms with Crippen molar-refractivity contribution in [2.75, 3.05) is 6.26 Å². The second-order valence-electron chi connectivity index (χ2n) is 3.65. The molecule has 0 aliphatic heterocycles. The lowest BCUT2D eigenvalue weighted by Gasteiger charge is -2.08. The highest BCUT2D eigenvalue weighted by atomic mass is 32.2. The fraction of sp³-hybridized carbons (Fsp3) is 0.364. The van der Waals surface area contributed by atoms with Gasteiger partial charge in [0.15, 0.2) is 9.84 Å². The zero-order valence-electron chi connectivity index (χ0n) is 9.52. The molecule has 0 fully saturated rings. The average molecular weight is 257 g/mol. The van der Waals surface area contributed by atoms with Crippen LogP contribution in [-0.4, -0.2) is 25.0 Å². The fourth-order valence-corrected chi connectivity index (χ4v) is 2.62. The molecule has 0 bridgehead atoms. The fourth-order valence-electron chi connectivity index (χ4n) is 1.19. The minimum Gasteiger partial charge on any atom is -0.293 e. The highest BCUT2D eigenvalue weighted by Gasteiger charge is 2.18. The van der Waals surface area contributed by atoms with Gasteiger partial charge in [0.05, 0.1) is 15.2 Å². The van der Waals surface area contributed by atoms with E-state index in [-0.39, 0.29) is 0 Å². The van der Waals surface area contributed by atoms with Crippen LogP contribution in [0.2, 0.25) is 0 Å². The van der Waals surface area contributed by atoms with Gasteiger partial charge in [0, 0.05) is 5.56 Å². The predicted octanol–water partition coefficient (Wildman–Crippen LogP) is 2.56. The summed E-state index contributed by atoms with van der Waals surface area (Å²) in [6.45, 7) is 3.32. The van der Waals surface area contributed by atoms with E-state index in [1.165, 1.54) is 11.8 Å². The third-order valence-corrected chi connectivity index (χ3v) is 5.08. The molecule has 0 aliphatic rings. The van der Waals surface area contributed by atoms with Crippen molar-refractivity contribution in [3.05, 3.63) is 29.8 Å². The molecule has 0 amide bonds. The van der Waals surface area contributed by atoms with Crippen molar-refractivity contribution >= 4 is 26.6 Å². The molecule has 0 aromatic heterocycles. The topological polar surface area (TPSA) is 58.0 Å². The molecule has 1 aromatic rings. The number of hydrogen-bond donors (Lipinski definition) is 1. The number of sulfone groups is 1. The van der Waals surface area contributed by atoms with Gasteiger partial charge in [-0.05, 0) is 32.2 Å². The molecule has 1 aromatic carbocycles. The van der Waals surface area contributed by atoms with Crippen molar-refractivity contribution in [3.63, 3.8) is 0 Å². The van der Waals surface area contributed by atoms with Gasteiger partial charge < -0.3 is 0 Å². The van der Waals surface area contributed by atoms with Crippen molar-refractivity contribution in [2.24, 2.45) is 0 Å². The first-order chi connectivity index (χ1) is 7.39. The zero-order chi connectivity index (χ0) is 12.3. The third kappa shape index (κ3) is 2.65. The van der Waals surface area contributed by atoms with Gasteiger partial charge in [-0.15, -0.1) is 11.8 Å². The van der Waals surface area contributed by atoms with Crippen LogP contribution in [0.15, 0.2) is 29.2 Å². The summed E-state index contributed by atoms with van der Waals surface area (Å²) in [7, 11) is -3.20.